The number of phenolic OH excluding ortho intramolecular Hbond substituents is 1. The van der Waals surface area contributed by atoms with Gasteiger partial charge in [0.15, 0.2) is 5.65 Å². The van der Waals surface area contributed by atoms with Crippen LogP contribution in [0.2, 0.25) is 0 Å². The molecule has 140 valence electrons. The van der Waals surface area contributed by atoms with E-state index in [2.05, 4.69) is 15.4 Å². The molecular formula is C17H20BN5O3S. The highest BCUT2D eigenvalue weighted by molar-refractivity contribution is 7.88. The molecule has 2 N–H and O–H groups in total. The number of rotatable bonds is 7. The quantitative estimate of drug-likeness (QED) is 0.456. The predicted octanol–water partition coefficient (Wildman–Crippen LogP) is 0.589. The van der Waals surface area contributed by atoms with E-state index < -0.39 is 10.0 Å². The maximum Gasteiger partial charge on any atom is 0.210 e. The largest absolute Gasteiger partial charge is 0.507 e. The van der Waals surface area contributed by atoms with Crippen LogP contribution in [0.25, 0.3) is 16.9 Å². The summed E-state index contributed by atoms with van der Waals surface area (Å²) in [6, 6.07) is 8.69. The van der Waals surface area contributed by atoms with E-state index in [0.29, 0.717) is 47.7 Å². The van der Waals surface area contributed by atoms with E-state index in [4.69, 9.17) is 7.85 Å². The van der Waals surface area contributed by atoms with E-state index in [1.165, 1.54) is 16.8 Å². The van der Waals surface area contributed by atoms with Crippen LogP contribution in [-0.4, -0.2) is 66.7 Å². The van der Waals surface area contributed by atoms with Gasteiger partial charge in [0.1, 0.15) is 19.4 Å². The van der Waals surface area contributed by atoms with Gasteiger partial charge in [-0.2, -0.15) is 9.61 Å². The van der Waals surface area contributed by atoms with Gasteiger partial charge in [-0.15, -0.1) is 0 Å². The Morgan fingerprint density at radius 3 is 2.78 bits per heavy atom. The molecule has 0 fully saturated rings. The Kier molecular flexibility index (Phi) is 5.38. The number of nitrogens with one attached hydrogen (secondary N) is 1. The van der Waals surface area contributed by atoms with Gasteiger partial charge in [-0.05, 0) is 24.0 Å². The number of fused-ring (bicyclic) bond motifs is 1. The molecular weight excluding hydrogens is 365 g/mol. The third kappa shape index (κ3) is 4.22. The number of sulfonamides is 1. The zero-order chi connectivity index (χ0) is 19.6. The Morgan fingerprint density at radius 2 is 2.07 bits per heavy atom. The highest BCUT2D eigenvalue weighted by atomic mass is 32.2. The van der Waals surface area contributed by atoms with Gasteiger partial charge in [0.05, 0.1) is 11.9 Å². The van der Waals surface area contributed by atoms with Crippen molar-refractivity contribution >= 4 is 34.8 Å². The number of aromatic hydroxyl groups is 1. The summed E-state index contributed by atoms with van der Waals surface area (Å²) in [6.07, 6.45) is 3.30. The van der Waals surface area contributed by atoms with Gasteiger partial charge in [0.2, 0.25) is 10.0 Å². The van der Waals surface area contributed by atoms with Crippen molar-refractivity contribution in [3.05, 3.63) is 36.5 Å². The summed E-state index contributed by atoms with van der Waals surface area (Å²) in [5, 5.41) is 17.6. The molecule has 2 heterocycles. The second-order valence-electron chi connectivity index (χ2n) is 6.24. The molecule has 10 heteroatoms. The van der Waals surface area contributed by atoms with E-state index in [9.17, 15) is 13.5 Å². The van der Waals surface area contributed by atoms with Crippen molar-refractivity contribution in [1.82, 2.24) is 18.9 Å². The van der Waals surface area contributed by atoms with Gasteiger partial charge in [-0.1, -0.05) is 12.1 Å². The zero-order valence-corrected chi connectivity index (χ0v) is 15.9. The van der Waals surface area contributed by atoms with Gasteiger partial charge >= 0.3 is 0 Å². The number of aromatic nitrogens is 3. The molecule has 0 aliphatic rings. The van der Waals surface area contributed by atoms with Crippen molar-refractivity contribution in [2.75, 3.05) is 31.7 Å². The number of phenols is 1. The Morgan fingerprint density at radius 1 is 1.33 bits per heavy atom. The Hall–Kier alpha value is -2.59. The summed E-state index contributed by atoms with van der Waals surface area (Å²) in [5.41, 5.74) is 2.04. The normalized spacial score (nSPS) is 12.0. The van der Waals surface area contributed by atoms with E-state index >= 15 is 0 Å². The van der Waals surface area contributed by atoms with Crippen LogP contribution >= 0.6 is 0 Å². The van der Waals surface area contributed by atoms with Crippen LogP contribution in [0.4, 0.5) is 5.82 Å². The fourth-order valence-electron chi connectivity index (χ4n) is 2.62. The third-order valence-electron chi connectivity index (χ3n) is 4.20. The lowest BCUT2D eigenvalue weighted by Crippen LogP contribution is -2.27. The minimum Gasteiger partial charge on any atom is -0.507 e. The van der Waals surface area contributed by atoms with Crippen molar-refractivity contribution in [2.45, 2.75) is 6.42 Å². The molecule has 0 unspecified atom stereocenters. The maximum absolute atomic E-state index is 11.5. The molecule has 3 aromatic rings. The molecule has 0 saturated carbocycles. The number of hydrogen-bond donors (Lipinski definition) is 2. The number of benzene rings is 1. The van der Waals surface area contributed by atoms with Gasteiger partial charge in [0, 0.05) is 38.0 Å². The molecule has 2 aromatic heterocycles. The predicted molar refractivity (Wildman–Crippen MR) is 106 cm³/mol. The lowest BCUT2D eigenvalue weighted by molar-refractivity contribution is 0.470. The molecule has 0 spiro atoms. The number of para-hydroxylation sites is 1. The van der Waals surface area contributed by atoms with E-state index in [1.54, 1.807) is 35.8 Å². The van der Waals surface area contributed by atoms with Crippen molar-refractivity contribution in [2.24, 2.45) is 0 Å². The molecule has 3 rings (SSSR count). The third-order valence-corrected chi connectivity index (χ3v) is 5.52. The fourth-order valence-corrected chi connectivity index (χ4v) is 3.08. The molecule has 0 amide bonds. The lowest BCUT2D eigenvalue weighted by atomic mass is 10.0. The minimum atomic E-state index is -3.19. The molecule has 0 saturated heterocycles. The second kappa shape index (κ2) is 7.57. The highest BCUT2D eigenvalue weighted by Crippen LogP contribution is 2.29. The first-order valence-corrected chi connectivity index (χ1v) is 10.2. The molecule has 0 aliphatic heterocycles. The smallest absolute Gasteiger partial charge is 0.210 e. The van der Waals surface area contributed by atoms with Crippen LogP contribution in [0.5, 0.6) is 5.75 Å². The van der Waals surface area contributed by atoms with Gasteiger partial charge in [0.25, 0.3) is 0 Å². The fraction of sp³-hybridized carbons (Fsp3) is 0.294. The molecule has 0 aliphatic carbocycles. The molecule has 1 aromatic carbocycles. The zero-order valence-electron chi connectivity index (χ0n) is 15.1. The summed E-state index contributed by atoms with van der Waals surface area (Å²) in [6.45, 7) is 0.923. The van der Waals surface area contributed by atoms with Crippen molar-refractivity contribution in [1.29, 1.82) is 0 Å². The van der Waals surface area contributed by atoms with Crippen molar-refractivity contribution < 1.29 is 13.5 Å². The minimum absolute atomic E-state index is 0.119. The molecule has 2 radical (unpaired) electrons. The second-order valence-corrected chi connectivity index (χ2v) is 8.33. The maximum atomic E-state index is 11.5. The molecule has 27 heavy (non-hydrogen) atoms. The van der Waals surface area contributed by atoms with E-state index in [1.807, 2.05) is 6.07 Å². The standard InChI is InChI=1S/C17H20BN5O3S/c1-22(27(2,25)26)9-5-8-19-16-10-14(12-6-3-4-7-15(12)24)21-17-13(18)11-20-23(16)17/h3-4,6-7,10-11,19,24H,5,8-9H2,1-2H3. The van der Waals surface area contributed by atoms with Crippen LogP contribution < -0.4 is 10.8 Å². The highest BCUT2D eigenvalue weighted by Gasteiger charge is 2.13. The first kappa shape index (κ1) is 19.2. The first-order valence-electron chi connectivity index (χ1n) is 8.35. The average Bonchev–Trinajstić information content (AvgIpc) is 2.99. The van der Waals surface area contributed by atoms with E-state index in [0.717, 1.165) is 0 Å². The van der Waals surface area contributed by atoms with Gasteiger partial charge in [-0.3, -0.25) is 0 Å². The Bertz CT molecular complexity index is 1070. The summed E-state index contributed by atoms with van der Waals surface area (Å²) >= 11 is 0. The van der Waals surface area contributed by atoms with Gasteiger partial charge in [-0.25, -0.2) is 17.7 Å². The van der Waals surface area contributed by atoms with Crippen molar-refractivity contribution in [3.63, 3.8) is 0 Å². The van der Waals surface area contributed by atoms with Crippen LogP contribution in [0.1, 0.15) is 6.42 Å². The lowest BCUT2D eigenvalue weighted by Gasteiger charge is -2.15. The topological polar surface area (TPSA) is 99.8 Å². The van der Waals surface area contributed by atoms with Crippen molar-refractivity contribution in [3.8, 4) is 17.0 Å². The monoisotopic (exact) mass is 385 g/mol. The summed E-state index contributed by atoms with van der Waals surface area (Å²) < 4.78 is 25.8. The van der Waals surface area contributed by atoms with Crippen LogP contribution in [-0.2, 0) is 10.0 Å². The summed E-state index contributed by atoms with van der Waals surface area (Å²) in [4.78, 5) is 4.50. The van der Waals surface area contributed by atoms with Crippen LogP contribution in [0.3, 0.4) is 0 Å². The number of hydrogen-bond acceptors (Lipinski definition) is 6. The Balaban J connectivity index is 1.85. The number of anilines is 1. The summed E-state index contributed by atoms with van der Waals surface area (Å²) in [5.74, 6) is 0.769. The Labute approximate surface area is 159 Å². The van der Waals surface area contributed by atoms with Crippen LogP contribution in [0.15, 0.2) is 36.5 Å². The first-order chi connectivity index (χ1) is 12.8. The molecule has 0 atom stereocenters. The molecule has 8 nitrogen and oxygen atoms in total. The average molecular weight is 385 g/mol. The van der Waals surface area contributed by atoms with Gasteiger partial charge < -0.3 is 10.4 Å². The number of nitrogens with zero attached hydrogens (tertiary/aromatic N) is 4. The summed E-state index contributed by atoms with van der Waals surface area (Å²) in [7, 11) is 4.32. The molecule has 0 bridgehead atoms. The van der Waals surface area contributed by atoms with E-state index in [-0.39, 0.29) is 5.75 Å². The SMILES string of the molecule is [B]c1cnn2c(NCCCN(C)S(C)(=O)=O)cc(-c3ccccc3O)nc12. The van der Waals surface area contributed by atoms with Crippen LogP contribution in [0, 0.1) is 0 Å².